The zero-order valence-electron chi connectivity index (χ0n) is 14.2. The number of aliphatic imine (C=N–C) groups is 1. The molecule has 0 aromatic carbocycles. The molecule has 0 aliphatic carbocycles. The minimum absolute atomic E-state index is 0.375. The van der Waals surface area contributed by atoms with E-state index in [1.54, 1.807) is 20.9 Å². The Balaban J connectivity index is 1.93. The summed E-state index contributed by atoms with van der Waals surface area (Å²) in [7, 11) is -1.63. The van der Waals surface area contributed by atoms with Crippen LogP contribution in [0.1, 0.15) is 19.7 Å². The Morgan fingerprint density at radius 3 is 2.71 bits per heavy atom. The molecule has 0 fully saturated rings. The number of nitrogens with one attached hydrogen (secondary N) is 3. The first kappa shape index (κ1) is 18.1. The lowest BCUT2D eigenvalue weighted by Gasteiger charge is -2.26. The fraction of sp³-hybridized carbons (Fsp3) is 0.500. The summed E-state index contributed by atoms with van der Waals surface area (Å²) in [6.45, 7) is 4.39. The molecule has 0 radical (unpaired) electrons. The number of guanidine groups is 1. The summed E-state index contributed by atoms with van der Waals surface area (Å²) in [5.41, 5.74) is 0.128. The highest BCUT2D eigenvalue weighted by Gasteiger charge is 2.22. The van der Waals surface area contributed by atoms with Crippen molar-refractivity contribution in [3.05, 3.63) is 30.2 Å². The molecular formula is C14H23N7O2S. The van der Waals surface area contributed by atoms with Crippen LogP contribution >= 0.6 is 0 Å². The summed E-state index contributed by atoms with van der Waals surface area (Å²) in [5.74, 6) is 1.30. The average molecular weight is 353 g/mol. The van der Waals surface area contributed by atoms with Gasteiger partial charge in [0.15, 0.2) is 17.4 Å². The predicted octanol–water partition coefficient (Wildman–Crippen LogP) is -0.278. The second-order valence-corrected chi connectivity index (χ2v) is 7.83. The second-order valence-electron chi connectivity index (χ2n) is 6.08. The van der Waals surface area contributed by atoms with E-state index in [0.29, 0.717) is 19.0 Å². The Bertz CT molecular complexity index is 827. The fourth-order valence-corrected chi connectivity index (χ4v) is 3.31. The molecule has 10 heteroatoms. The van der Waals surface area contributed by atoms with Crippen LogP contribution in [0.3, 0.4) is 0 Å². The molecular weight excluding hydrogens is 330 g/mol. The van der Waals surface area contributed by atoms with E-state index in [9.17, 15) is 8.42 Å². The predicted molar refractivity (Wildman–Crippen MR) is 93.2 cm³/mol. The summed E-state index contributed by atoms with van der Waals surface area (Å²) in [4.78, 5) is 4.13. The fourth-order valence-electron chi connectivity index (χ4n) is 2.24. The highest BCUT2D eigenvalue weighted by Crippen LogP contribution is 2.03. The number of sulfonamides is 1. The van der Waals surface area contributed by atoms with Crippen molar-refractivity contribution < 1.29 is 8.42 Å². The lowest BCUT2D eigenvalue weighted by Crippen LogP contribution is -2.52. The molecule has 0 aliphatic rings. The maximum Gasteiger partial charge on any atom is 0.209 e. The first-order valence-electron chi connectivity index (χ1n) is 7.42. The lowest BCUT2D eigenvalue weighted by molar-refractivity contribution is 0.446. The number of rotatable bonds is 6. The van der Waals surface area contributed by atoms with Crippen LogP contribution in [-0.4, -0.2) is 54.4 Å². The van der Waals surface area contributed by atoms with E-state index in [1.165, 1.54) is 0 Å². The van der Waals surface area contributed by atoms with E-state index in [-0.39, 0.29) is 0 Å². The van der Waals surface area contributed by atoms with Gasteiger partial charge in [-0.3, -0.25) is 9.39 Å². The van der Waals surface area contributed by atoms with Crippen molar-refractivity contribution in [3.8, 4) is 0 Å². The second kappa shape index (κ2) is 7.14. The number of aromatic nitrogens is 3. The molecule has 2 heterocycles. The van der Waals surface area contributed by atoms with Gasteiger partial charge in [-0.05, 0) is 26.0 Å². The summed E-state index contributed by atoms with van der Waals surface area (Å²) >= 11 is 0. The molecule has 2 aromatic rings. The zero-order valence-corrected chi connectivity index (χ0v) is 15.1. The van der Waals surface area contributed by atoms with Crippen LogP contribution in [0.25, 0.3) is 5.65 Å². The van der Waals surface area contributed by atoms with Crippen molar-refractivity contribution in [2.24, 2.45) is 4.99 Å². The Morgan fingerprint density at radius 2 is 2.04 bits per heavy atom. The Hall–Kier alpha value is -2.20. The summed E-state index contributed by atoms with van der Waals surface area (Å²) < 4.78 is 27.2. The molecule has 3 N–H and O–H groups in total. The van der Waals surface area contributed by atoms with E-state index < -0.39 is 15.6 Å². The van der Waals surface area contributed by atoms with Crippen molar-refractivity contribution in [3.63, 3.8) is 0 Å². The number of pyridine rings is 1. The van der Waals surface area contributed by atoms with Gasteiger partial charge in [-0.25, -0.2) is 13.1 Å². The SMILES string of the molecule is CN=C(NCc1nnc2ccccn12)NCC(C)(C)NS(C)(=O)=O. The third-order valence-corrected chi connectivity index (χ3v) is 4.10. The molecule has 0 atom stereocenters. The van der Waals surface area contributed by atoms with Gasteiger partial charge >= 0.3 is 0 Å². The van der Waals surface area contributed by atoms with Gasteiger partial charge in [0.25, 0.3) is 0 Å². The molecule has 9 nitrogen and oxygen atoms in total. The van der Waals surface area contributed by atoms with Gasteiger partial charge < -0.3 is 10.6 Å². The van der Waals surface area contributed by atoms with Gasteiger partial charge in [0.05, 0.1) is 12.8 Å². The quantitative estimate of drug-likeness (QED) is 0.486. The van der Waals surface area contributed by atoms with Crippen molar-refractivity contribution >= 4 is 21.6 Å². The zero-order chi connectivity index (χ0) is 17.8. The third-order valence-electron chi connectivity index (χ3n) is 3.18. The first-order valence-corrected chi connectivity index (χ1v) is 9.31. The van der Waals surface area contributed by atoms with Crippen molar-refractivity contribution in [1.82, 2.24) is 30.0 Å². The molecule has 24 heavy (non-hydrogen) atoms. The molecule has 0 spiro atoms. The molecule has 2 rings (SSSR count). The monoisotopic (exact) mass is 353 g/mol. The minimum Gasteiger partial charge on any atom is -0.355 e. The summed E-state index contributed by atoms with van der Waals surface area (Å²) in [6.07, 6.45) is 3.03. The lowest BCUT2D eigenvalue weighted by atomic mass is 10.1. The van der Waals surface area contributed by atoms with E-state index >= 15 is 0 Å². The van der Waals surface area contributed by atoms with E-state index in [2.05, 4.69) is 30.5 Å². The van der Waals surface area contributed by atoms with Gasteiger partial charge in [-0.1, -0.05) is 6.07 Å². The topological polar surface area (TPSA) is 113 Å². The molecule has 0 unspecified atom stereocenters. The van der Waals surface area contributed by atoms with Gasteiger partial charge in [0.1, 0.15) is 0 Å². The van der Waals surface area contributed by atoms with E-state index in [1.807, 2.05) is 28.8 Å². The van der Waals surface area contributed by atoms with E-state index in [0.717, 1.165) is 17.7 Å². The molecule has 0 saturated carbocycles. The van der Waals surface area contributed by atoms with Crippen LogP contribution in [0.4, 0.5) is 0 Å². The Morgan fingerprint density at radius 1 is 1.29 bits per heavy atom. The Kier molecular flexibility index (Phi) is 5.40. The van der Waals surface area contributed by atoms with Crippen LogP contribution < -0.4 is 15.4 Å². The third kappa shape index (κ3) is 5.17. The number of hydrogen-bond acceptors (Lipinski definition) is 5. The molecule has 2 aromatic heterocycles. The van der Waals surface area contributed by atoms with Gasteiger partial charge in [-0.2, -0.15) is 0 Å². The molecule has 132 valence electrons. The maximum absolute atomic E-state index is 11.4. The van der Waals surface area contributed by atoms with Crippen molar-refractivity contribution in [2.75, 3.05) is 19.8 Å². The minimum atomic E-state index is -3.28. The molecule has 0 bridgehead atoms. The van der Waals surface area contributed by atoms with Crippen molar-refractivity contribution in [2.45, 2.75) is 25.9 Å². The van der Waals surface area contributed by atoms with Crippen molar-refractivity contribution in [1.29, 1.82) is 0 Å². The van der Waals surface area contributed by atoms with Crippen LogP contribution in [0.15, 0.2) is 29.4 Å². The standard InChI is InChI=1S/C14H23N7O2S/c1-14(2,20-24(4,22)23)10-17-13(15-3)16-9-12-19-18-11-7-5-6-8-21(11)12/h5-8,20H,9-10H2,1-4H3,(H2,15,16,17). The molecule has 0 amide bonds. The largest absolute Gasteiger partial charge is 0.355 e. The van der Waals surface area contributed by atoms with Gasteiger partial charge in [0.2, 0.25) is 10.0 Å². The molecule has 0 saturated heterocycles. The van der Waals surface area contributed by atoms with Crippen LogP contribution in [0.2, 0.25) is 0 Å². The van der Waals surface area contributed by atoms with Gasteiger partial charge in [-0.15, -0.1) is 10.2 Å². The van der Waals surface area contributed by atoms with Crippen LogP contribution in [-0.2, 0) is 16.6 Å². The number of hydrogen-bond donors (Lipinski definition) is 3. The number of nitrogens with zero attached hydrogens (tertiary/aromatic N) is 4. The molecule has 0 aliphatic heterocycles. The van der Waals surface area contributed by atoms with Crippen LogP contribution in [0, 0.1) is 0 Å². The average Bonchev–Trinajstić information content (AvgIpc) is 2.88. The van der Waals surface area contributed by atoms with Crippen LogP contribution in [0.5, 0.6) is 0 Å². The Labute approximate surface area is 141 Å². The maximum atomic E-state index is 11.4. The highest BCUT2D eigenvalue weighted by atomic mass is 32.2. The smallest absolute Gasteiger partial charge is 0.209 e. The number of fused-ring (bicyclic) bond motifs is 1. The highest BCUT2D eigenvalue weighted by molar-refractivity contribution is 7.88. The summed E-state index contributed by atoms with van der Waals surface area (Å²) in [5, 5.41) is 14.5. The summed E-state index contributed by atoms with van der Waals surface area (Å²) in [6, 6.07) is 5.69. The van der Waals surface area contributed by atoms with Gasteiger partial charge in [0, 0.05) is 25.3 Å². The van der Waals surface area contributed by atoms with E-state index in [4.69, 9.17) is 0 Å². The first-order chi connectivity index (χ1) is 11.2. The normalized spacial score (nSPS) is 13.2.